The van der Waals surface area contributed by atoms with E-state index in [4.69, 9.17) is 25.8 Å². The Kier molecular flexibility index (Phi) is 5.81. The monoisotopic (exact) mass is 320 g/mol. The van der Waals surface area contributed by atoms with E-state index in [-0.39, 0.29) is 0 Å². The largest absolute Gasteiger partial charge is 0.491 e. The van der Waals surface area contributed by atoms with Crippen LogP contribution in [0.5, 0.6) is 11.5 Å². The highest BCUT2D eigenvalue weighted by Gasteiger charge is 2.09. The van der Waals surface area contributed by atoms with Crippen LogP contribution in [-0.4, -0.2) is 26.3 Å². The molecule has 0 saturated carbocycles. The molecular formula is C17H17ClO4. The summed E-state index contributed by atoms with van der Waals surface area (Å²) < 4.78 is 15.6. The van der Waals surface area contributed by atoms with Crippen LogP contribution in [-0.2, 0) is 4.74 Å². The van der Waals surface area contributed by atoms with Crippen molar-refractivity contribution in [3.05, 3.63) is 58.6 Å². The second kappa shape index (κ2) is 7.82. The highest BCUT2D eigenvalue weighted by atomic mass is 35.5. The van der Waals surface area contributed by atoms with Crippen LogP contribution >= 0.6 is 11.6 Å². The van der Waals surface area contributed by atoms with Gasteiger partial charge in [0.1, 0.15) is 18.1 Å². The van der Waals surface area contributed by atoms with Crippen LogP contribution in [0.25, 0.3) is 0 Å². The zero-order chi connectivity index (χ0) is 15.9. The summed E-state index contributed by atoms with van der Waals surface area (Å²) in [4.78, 5) is 12.1. The summed E-state index contributed by atoms with van der Waals surface area (Å²) in [7, 11) is 1.61. The van der Waals surface area contributed by atoms with Gasteiger partial charge in [-0.25, -0.2) is 4.79 Å². The van der Waals surface area contributed by atoms with Crippen LogP contribution in [0.1, 0.15) is 15.9 Å². The fourth-order valence-corrected chi connectivity index (χ4v) is 1.90. The normalized spacial score (nSPS) is 10.3. The molecule has 0 saturated heterocycles. The van der Waals surface area contributed by atoms with E-state index in [0.717, 1.165) is 5.56 Å². The smallest absolute Gasteiger partial charge is 0.343 e. The molecule has 0 fully saturated rings. The number of carbonyl (C=O) groups excluding carboxylic acids is 1. The molecule has 2 aromatic rings. The lowest BCUT2D eigenvalue weighted by Crippen LogP contribution is -2.09. The third-order valence-electron chi connectivity index (χ3n) is 3.00. The molecule has 0 radical (unpaired) electrons. The summed E-state index contributed by atoms with van der Waals surface area (Å²) >= 11 is 6.01. The Morgan fingerprint density at radius 1 is 1.05 bits per heavy atom. The minimum Gasteiger partial charge on any atom is -0.491 e. The maximum atomic E-state index is 12.1. The molecule has 0 bridgehead atoms. The second-order valence-electron chi connectivity index (χ2n) is 4.67. The van der Waals surface area contributed by atoms with Crippen molar-refractivity contribution < 1.29 is 19.0 Å². The predicted octanol–water partition coefficient (Wildman–Crippen LogP) is 3.89. The number of aryl methyl sites for hydroxylation is 1. The Hall–Kier alpha value is -2.04. The van der Waals surface area contributed by atoms with E-state index >= 15 is 0 Å². The molecule has 0 aliphatic heterocycles. The van der Waals surface area contributed by atoms with Crippen molar-refractivity contribution in [2.45, 2.75) is 6.92 Å². The van der Waals surface area contributed by atoms with Crippen LogP contribution in [0, 0.1) is 6.92 Å². The minimum absolute atomic E-state index is 0.418. The van der Waals surface area contributed by atoms with Gasteiger partial charge in [-0.1, -0.05) is 17.7 Å². The third kappa shape index (κ3) is 4.48. The van der Waals surface area contributed by atoms with Gasteiger partial charge < -0.3 is 14.2 Å². The van der Waals surface area contributed by atoms with Crippen LogP contribution in [0.2, 0.25) is 5.02 Å². The van der Waals surface area contributed by atoms with Gasteiger partial charge in [0.2, 0.25) is 0 Å². The fraction of sp³-hybridized carbons (Fsp3) is 0.235. The molecule has 0 N–H and O–H groups in total. The second-order valence-corrected chi connectivity index (χ2v) is 5.07. The molecule has 0 amide bonds. The molecule has 5 heteroatoms. The van der Waals surface area contributed by atoms with Gasteiger partial charge in [-0.2, -0.15) is 0 Å². The summed E-state index contributed by atoms with van der Waals surface area (Å²) in [6.07, 6.45) is 0. The third-order valence-corrected chi connectivity index (χ3v) is 3.41. The minimum atomic E-state index is -0.441. The lowest BCUT2D eigenvalue weighted by Gasteiger charge is -2.08. The van der Waals surface area contributed by atoms with Crippen molar-refractivity contribution in [2.75, 3.05) is 20.3 Å². The average Bonchev–Trinajstić information content (AvgIpc) is 2.52. The highest BCUT2D eigenvalue weighted by molar-refractivity contribution is 6.31. The van der Waals surface area contributed by atoms with Crippen LogP contribution in [0.15, 0.2) is 42.5 Å². The Bertz CT molecular complexity index is 638. The van der Waals surface area contributed by atoms with E-state index in [1.807, 2.05) is 6.92 Å². The Morgan fingerprint density at radius 2 is 1.73 bits per heavy atom. The van der Waals surface area contributed by atoms with E-state index in [0.29, 0.717) is 35.3 Å². The average molecular weight is 321 g/mol. The molecule has 116 valence electrons. The number of methoxy groups -OCH3 is 1. The van der Waals surface area contributed by atoms with Gasteiger partial charge in [0.05, 0.1) is 12.2 Å². The maximum Gasteiger partial charge on any atom is 0.343 e. The number of hydrogen-bond donors (Lipinski definition) is 0. The number of esters is 1. The fourth-order valence-electron chi connectivity index (χ4n) is 1.73. The van der Waals surface area contributed by atoms with Crippen LogP contribution in [0.3, 0.4) is 0 Å². The van der Waals surface area contributed by atoms with Gasteiger partial charge in [-0.3, -0.25) is 0 Å². The van der Waals surface area contributed by atoms with Crippen LogP contribution in [0.4, 0.5) is 0 Å². The van der Waals surface area contributed by atoms with Crippen molar-refractivity contribution in [3.63, 3.8) is 0 Å². The van der Waals surface area contributed by atoms with Gasteiger partial charge >= 0.3 is 5.97 Å². The summed E-state index contributed by atoms with van der Waals surface area (Å²) in [5.41, 5.74) is 1.37. The van der Waals surface area contributed by atoms with Gasteiger partial charge in [0.25, 0.3) is 0 Å². The quantitative estimate of drug-likeness (QED) is 0.460. The lowest BCUT2D eigenvalue weighted by molar-refractivity contribution is 0.0734. The number of halogens is 1. The predicted molar refractivity (Wildman–Crippen MR) is 85.0 cm³/mol. The van der Waals surface area contributed by atoms with Crippen molar-refractivity contribution in [1.82, 2.24) is 0 Å². The molecular weight excluding hydrogens is 304 g/mol. The molecule has 2 rings (SSSR count). The standard InChI is InChI=1S/C17H17ClO4/c1-12-3-6-15(11-16(12)18)22-17(19)13-4-7-14(8-5-13)21-10-9-20-2/h3-8,11H,9-10H2,1-2H3. The van der Waals surface area contributed by atoms with E-state index in [1.165, 1.54) is 0 Å². The maximum absolute atomic E-state index is 12.1. The van der Waals surface area contributed by atoms with E-state index in [1.54, 1.807) is 49.6 Å². The molecule has 0 atom stereocenters. The first-order valence-corrected chi connectivity index (χ1v) is 7.18. The Morgan fingerprint density at radius 3 is 2.36 bits per heavy atom. The molecule has 22 heavy (non-hydrogen) atoms. The number of hydrogen-bond acceptors (Lipinski definition) is 4. The van der Waals surface area contributed by atoms with Crippen molar-refractivity contribution in [3.8, 4) is 11.5 Å². The molecule has 0 heterocycles. The Balaban J connectivity index is 1.98. The molecule has 0 aliphatic rings. The van der Waals surface area contributed by atoms with Crippen molar-refractivity contribution in [2.24, 2.45) is 0 Å². The molecule has 0 unspecified atom stereocenters. The lowest BCUT2D eigenvalue weighted by atomic mass is 10.2. The van der Waals surface area contributed by atoms with Gasteiger partial charge in [0.15, 0.2) is 0 Å². The number of ether oxygens (including phenoxy) is 3. The van der Waals surface area contributed by atoms with Crippen molar-refractivity contribution in [1.29, 1.82) is 0 Å². The van der Waals surface area contributed by atoms with Crippen LogP contribution < -0.4 is 9.47 Å². The highest BCUT2D eigenvalue weighted by Crippen LogP contribution is 2.22. The summed E-state index contributed by atoms with van der Waals surface area (Å²) in [6, 6.07) is 11.9. The first kappa shape index (κ1) is 16.3. The van der Waals surface area contributed by atoms with Gasteiger partial charge in [-0.15, -0.1) is 0 Å². The summed E-state index contributed by atoms with van der Waals surface area (Å²) in [6.45, 7) is 2.86. The topological polar surface area (TPSA) is 44.8 Å². The number of rotatable bonds is 6. The molecule has 2 aromatic carbocycles. The first-order valence-electron chi connectivity index (χ1n) is 6.80. The zero-order valence-corrected chi connectivity index (χ0v) is 13.2. The molecule has 0 aliphatic carbocycles. The number of carbonyl (C=O) groups is 1. The zero-order valence-electron chi connectivity index (χ0n) is 12.5. The van der Waals surface area contributed by atoms with E-state index in [9.17, 15) is 4.79 Å². The molecule has 4 nitrogen and oxygen atoms in total. The molecule has 0 spiro atoms. The van der Waals surface area contributed by atoms with Gasteiger partial charge in [-0.05, 0) is 48.9 Å². The summed E-state index contributed by atoms with van der Waals surface area (Å²) in [5, 5.41) is 0.562. The van der Waals surface area contributed by atoms with Gasteiger partial charge in [0, 0.05) is 12.1 Å². The van der Waals surface area contributed by atoms with E-state index < -0.39 is 5.97 Å². The molecule has 0 aromatic heterocycles. The number of benzene rings is 2. The van der Waals surface area contributed by atoms with E-state index in [2.05, 4.69) is 0 Å². The SMILES string of the molecule is COCCOc1ccc(C(=O)Oc2ccc(C)c(Cl)c2)cc1. The Labute approximate surface area is 134 Å². The summed E-state index contributed by atoms with van der Waals surface area (Å²) in [5.74, 6) is 0.649. The van der Waals surface area contributed by atoms with Crippen molar-refractivity contribution >= 4 is 17.6 Å². The first-order chi connectivity index (χ1) is 10.6.